The molecule has 2 aliphatic rings. The average molecular weight is 182 g/mol. The Kier molecular flexibility index (Phi) is 2.61. The summed E-state index contributed by atoms with van der Waals surface area (Å²) in [6.45, 7) is 6.30. The van der Waals surface area contributed by atoms with Crippen LogP contribution in [0.15, 0.2) is 0 Å². The lowest BCUT2D eigenvalue weighted by Crippen LogP contribution is -2.32. The molecule has 76 valence electrons. The number of likely N-dealkylation sites (tertiary alicyclic amines) is 1. The fourth-order valence-electron chi connectivity index (χ4n) is 2.49. The first-order chi connectivity index (χ1) is 6.28. The molecule has 1 atom stereocenters. The molecule has 0 radical (unpaired) electrons. The Labute approximate surface area is 81.7 Å². The van der Waals surface area contributed by atoms with Gasteiger partial charge in [0.2, 0.25) is 0 Å². The lowest BCUT2D eigenvalue weighted by Gasteiger charge is -2.22. The largest absolute Gasteiger partial charge is 0.316 e. The molecule has 1 aliphatic carbocycles. The van der Waals surface area contributed by atoms with Gasteiger partial charge < -0.3 is 10.2 Å². The summed E-state index contributed by atoms with van der Waals surface area (Å²) in [6.07, 6.45) is 5.68. The van der Waals surface area contributed by atoms with Crippen LogP contribution in [-0.4, -0.2) is 37.6 Å². The molecule has 1 saturated carbocycles. The molecule has 1 N–H and O–H groups in total. The highest BCUT2D eigenvalue weighted by molar-refractivity contribution is 4.96. The van der Waals surface area contributed by atoms with Crippen LogP contribution in [0.5, 0.6) is 0 Å². The molecule has 0 amide bonds. The van der Waals surface area contributed by atoms with Crippen molar-refractivity contribution in [2.24, 2.45) is 5.41 Å². The van der Waals surface area contributed by atoms with Crippen LogP contribution in [0, 0.1) is 5.41 Å². The smallest absolute Gasteiger partial charge is 0.0204 e. The standard InChI is InChI=1S/C11H22N2/c1-3-11(5-6-11)9-13-7-4-10(8-13)12-2/h10,12H,3-9H2,1-2H3. The summed E-state index contributed by atoms with van der Waals surface area (Å²) >= 11 is 0. The summed E-state index contributed by atoms with van der Waals surface area (Å²) in [4.78, 5) is 2.65. The molecule has 0 bridgehead atoms. The van der Waals surface area contributed by atoms with Crippen molar-refractivity contribution >= 4 is 0 Å². The van der Waals surface area contributed by atoms with E-state index >= 15 is 0 Å². The van der Waals surface area contributed by atoms with Crippen molar-refractivity contribution in [3.63, 3.8) is 0 Å². The van der Waals surface area contributed by atoms with E-state index < -0.39 is 0 Å². The molecular formula is C11H22N2. The Morgan fingerprint density at radius 1 is 1.46 bits per heavy atom. The zero-order valence-electron chi connectivity index (χ0n) is 8.97. The third kappa shape index (κ3) is 2.05. The quantitative estimate of drug-likeness (QED) is 0.708. The van der Waals surface area contributed by atoms with E-state index in [0.29, 0.717) is 0 Å². The van der Waals surface area contributed by atoms with Crippen LogP contribution >= 0.6 is 0 Å². The van der Waals surface area contributed by atoms with Gasteiger partial charge in [0.05, 0.1) is 0 Å². The molecule has 0 aromatic rings. The van der Waals surface area contributed by atoms with Crippen molar-refractivity contribution in [1.29, 1.82) is 0 Å². The van der Waals surface area contributed by atoms with Gasteiger partial charge in [-0.3, -0.25) is 0 Å². The predicted molar refractivity (Wildman–Crippen MR) is 55.9 cm³/mol. The normalized spacial score (nSPS) is 32.3. The van der Waals surface area contributed by atoms with Gasteiger partial charge in [-0.15, -0.1) is 0 Å². The van der Waals surface area contributed by atoms with Crippen LogP contribution in [0.2, 0.25) is 0 Å². The molecule has 1 heterocycles. The monoisotopic (exact) mass is 182 g/mol. The predicted octanol–water partition coefficient (Wildman–Crippen LogP) is 1.47. The van der Waals surface area contributed by atoms with Gasteiger partial charge in [-0.2, -0.15) is 0 Å². The zero-order chi connectivity index (χ0) is 9.31. The summed E-state index contributed by atoms with van der Waals surface area (Å²) in [7, 11) is 2.08. The van der Waals surface area contributed by atoms with Crippen molar-refractivity contribution in [2.45, 2.75) is 38.6 Å². The van der Waals surface area contributed by atoms with E-state index in [1.54, 1.807) is 0 Å². The number of nitrogens with one attached hydrogen (secondary N) is 1. The molecule has 0 aromatic carbocycles. The molecular weight excluding hydrogens is 160 g/mol. The average Bonchev–Trinajstić information content (AvgIpc) is 2.77. The number of rotatable bonds is 4. The number of nitrogens with zero attached hydrogens (tertiary/aromatic N) is 1. The highest BCUT2D eigenvalue weighted by atomic mass is 15.2. The minimum Gasteiger partial charge on any atom is -0.316 e. The van der Waals surface area contributed by atoms with Crippen LogP contribution in [0.4, 0.5) is 0 Å². The van der Waals surface area contributed by atoms with Crippen LogP contribution < -0.4 is 5.32 Å². The van der Waals surface area contributed by atoms with E-state index in [1.165, 1.54) is 45.3 Å². The minimum atomic E-state index is 0.739. The Bertz CT molecular complexity index is 175. The van der Waals surface area contributed by atoms with E-state index in [4.69, 9.17) is 0 Å². The maximum atomic E-state index is 3.38. The molecule has 1 unspecified atom stereocenters. The lowest BCUT2D eigenvalue weighted by atomic mass is 10.0. The van der Waals surface area contributed by atoms with Gasteiger partial charge >= 0.3 is 0 Å². The Balaban J connectivity index is 1.77. The minimum absolute atomic E-state index is 0.739. The van der Waals surface area contributed by atoms with E-state index in [0.717, 1.165) is 11.5 Å². The molecule has 1 aliphatic heterocycles. The lowest BCUT2D eigenvalue weighted by molar-refractivity contribution is 0.254. The maximum absolute atomic E-state index is 3.38. The zero-order valence-corrected chi connectivity index (χ0v) is 8.97. The van der Waals surface area contributed by atoms with Gasteiger partial charge in [-0.05, 0) is 44.7 Å². The van der Waals surface area contributed by atoms with Crippen molar-refractivity contribution < 1.29 is 0 Å². The van der Waals surface area contributed by atoms with Gasteiger partial charge in [0.15, 0.2) is 0 Å². The molecule has 0 spiro atoms. The van der Waals surface area contributed by atoms with Gasteiger partial charge in [0, 0.05) is 19.1 Å². The van der Waals surface area contributed by atoms with Gasteiger partial charge in [-0.1, -0.05) is 6.92 Å². The maximum Gasteiger partial charge on any atom is 0.0204 e. The van der Waals surface area contributed by atoms with Crippen LogP contribution in [0.3, 0.4) is 0 Å². The van der Waals surface area contributed by atoms with Gasteiger partial charge in [0.1, 0.15) is 0 Å². The molecule has 2 nitrogen and oxygen atoms in total. The SMILES string of the molecule is CCC1(CN2CCC(NC)C2)CC1. The van der Waals surface area contributed by atoms with E-state index in [-0.39, 0.29) is 0 Å². The van der Waals surface area contributed by atoms with Crippen LogP contribution in [0.1, 0.15) is 32.6 Å². The fourth-order valence-corrected chi connectivity index (χ4v) is 2.49. The molecule has 1 saturated heterocycles. The van der Waals surface area contributed by atoms with Crippen molar-refractivity contribution in [3.05, 3.63) is 0 Å². The molecule has 2 heteroatoms. The number of hydrogen-bond donors (Lipinski definition) is 1. The summed E-state index contributed by atoms with van der Waals surface area (Å²) < 4.78 is 0. The highest BCUT2D eigenvalue weighted by Gasteiger charge is 2.42. The van der Waals surface area contributed by atoms with Gasteiger partial charge in [0.25, 0.3) is 0 Å². The second kappa shape index (κ2) is 3.58. The molecule has 2 fully saturated rings. The van der Waals surface area contributed by atoms with Crippen LogP contribution in [0.25, 0.3) is 0 Å². The summed E-state index contributed by atoms with van der Waals surface area (Å²) in [5.74, 6) is 0. The molecule has 13 heavy (non-hydrogen) atoms. The third-order valence-electron chi connectivity index (χ3n) is 3.95. The molecule has 2 rings (SSSR count). The molecule has 0 aromatic heterocycles. The Hall–Kier alpha value is -0.0800. The first-order valence-electron chi connectivity index (χ1n) is 5.68. The summed E-state index contributed by atoms with van der Waals surface area (Å²) in [5.41, 5.74) is 0.739. The summed E-state index contributed by atoms with van der Waals surface area (Å²) in [6, 6.07) is 0.757. The highest BCUT2D eigenvalue weighted by Crippen LogP contribution is 2.49. The van der Waals surface area contributed by atoms with E-state index in [9.17, 15) is 0 Å². The van der Waals surface area contributed by atoms with E-state index in [2.05, 4.69) is 24.2 Å². The Morgan fingerprint density at radius 3 is 2.69 bits per heavy atom. The first kappa shape index (κ1) is 9.47. The van der Waals surface area contributed by atoms with Gasteiger partial charge in [-0.25, -0.2) is 0 Å². The van der Waals surface area contributed by atoms with Crippen molar-refractivity contribution in [3.8, 4) is 0 Å². The summed E-state index contributed by atoms with van der Waals surface area (Å²) in [5, 5.41) is 3.38. The van der Waals surface area contributed by atoms with Crippen molar-refractivity contribution in [2.75, 3.05) is 26.7 Å². The third-order valence-corrected chi connectivity index (χ3v) is 3.95. The fraction of sp³-hybridized carbons (Fsp3) is 1.00. The van der Waals surface area contributed by atoms with Crippen LogP contribution in [-0.2, 0) is 0 Å². The second-order valence-corrected chi connectivity index (χ2v) is 4.86. The number of hydrogen-bond acceptors (Lipinski definition) is 2. The number of likely N-dealkylation sites (N-methyl/N-ethyl adjacent to an activating group) is 1. The second-order valence-electron chi connectivity index (χ2n) is 4.86. The van der Waals surface area contributed by atoms with E-state index in [1.807, 2.05) is 0 Å². The topological polar surface area (TPSA) is 15.3 Å². The first-order valence-corrected chi connectivity index (χ1v) is 5.68. The Morgan fingerprint density at radius 2 is 2.23 bits per heavy atom. The van der Waals surface area contributed by atoms with Crippen molar-refractivity contribution in [1.82, 2.24) is 10.2 Å².